The first kappa shape index (κ1) is 28.5. The molecule has 0 spiro atoms. The molecule has 9 nitrogen and oxygen atoms in total. The summed E-state index contributed by atoms with van der Waals surface area (Å²) in [6.45, 7) is 10.1. The number of urea groups is 1. The van der Waals surface area contributed by atoms with Crippen LogP contribution in [0.5, 0.6) is 11.5 Å². The molecule has 2 aliphatic heterocycles. The standard InChI is InChI=1S/C29H46N4O5/c1-21(2)32(28(34)22-8-11-26(37-4)27(16-22)38-15-7-14-36-3)19-23-17-30-18-24(23)20-33(25-9-10-25)29(35)31-12-5-6-13-31/h8,11,16,21,23-25,30H,5-7,9-10,12-15,17-20H2,1-4H3/t23-,24+/m1/s1. The molecular formula is C29H46N4O5. The SMILES string of the molecule is COCCCOc1cc(C(=O)N(C[C@H]2CNC[C@H]2CN(C(=O)N2CCCC2)C2CC2)C(C)C)ccc1OC. The third kappa shape index (κ3) is 7.11. The van der Waals surface area contributed by atoms with Crippen molar-refractivity contribution in [2.75, 3.05) is 66.7 Å². The van der Waals surface area contributed by atoms with Crippen LogP contribution in [0, 0.1) is 11.8 Å². The Kier molecular flexibility index (Phi) is 10.1. The minimum absolute atomic E-state index is 0.0118. The predicted molar refractivity (Wildman–Crippen MR) is 147 cm³/mol. The van der Waals surface area contributed by atoms with Crippen LogP contribution in [0.4, 0.5) is 4.79 Å². The third-order valence-electron chi connectivity index (χ3n) is 8.00. The molecule has 1 aromatic rings. The van der Waals surface area contributed by atoms with Gasteiger partial charge in [0, 0.05) is 77.1 Å². The van der Waals surface area contributed by atoms with Crippen LogP contribution < -0.4 is 14.8 Å². The molecule has 0 unspecified atom stereocenters. The van der Waals surface area contributed by atoms with Gasteiger partial charge in [0.1, 0.15) is 0 Å². The lowest BCUT2D eigenvalue weighted by Crippen LogP contribution is -2.48. The van der Waals surface area contributed by atoms with Crippen LogP contribution in [0.25, 0.3) is 0 Å². The van der Waals surface area contributed by atoms with Gasteiger partial charge in [0.05, 0.1) is 13.7 Å². The summed E-state index contributed by atoms with van der Waals surface area (Å²) >= 11 is 0. The molecule has 2 saturated heterocycles. The number of methoxy groups -OCH3 is 2. The largest absolute Gasteiger partial charge is 0.493 e. The topological polar surface area (TPSA) is 83.6 Å². The summed E-state index contributed by atoms with van der Waals surface area (Å²) in [5.41, 5.74) is 0.590. The van der Waals surface area contributed by atoms with Crippen LogP contribution in [0.1, 0.15) is 56.3 Å². The molecular weight excluding hydrogens is 484 g/mol. The van der Waals surface area contributed by atoms with E-state index in [2.05, 4.69) is 24.1 Å². The summed E-state index contributed by atoms with van der Waals surface area (Å²) in [5.74, 6) is 1.78. The summed E-state index contributed by atoms with van der Waals surface area (Å²) in [7, 11) is 3.27. The Morgan fingerprint density at radius 1 is 1.03 bits per heavy atom. The molecule has 0 radical (unpaired) electrons. The molecule has 2 atom stereocenters. The highest BCUT2D eigenvalue weighted by Gasteiger charge is 2.40. The maximum Gasteiger partial charge on any atom is 0.320 e. The number of carbonyl (C=O) groups is 2. The van der Waals surface area contributed by atoms with E-state index in [1.165, 1.54) is 0 Å². The van der Waals surface area contributed by atoms with Gasteiger partial charge in [-0.25, -0.2) is 4.79 Å². The van der Waals surface area contributed by atoms with E-state index in [-0.39, 0.29) is 23.9 Å². The van der Waals surface area contributed by atoms with E-state index in [0.717, 1.165) is 64.8 Å². The first-order valence-corrected chi connectivity index (χ1v) is 14.3. The highest BCUT2D eigenvalue weighted by molar-refractivity contribution is 5.95. The zero-order chi connectivity index (χ0) is 27.1. The number of ether oxygens (including phenoxy) is 3. The van der Waals surface area contributed by atoms with Gasteiger partial charge in [-0.2, -0.15) is 0 Å². The predicted octanol–water partition coefficient (Wildman–Crippen LogP) is 3.48. The van der Waals surface area contributed by atoms with Crippen LogP contribution in [-0.4, -0.2) is 105 Å². The first-order chi connectivity index (χ1) is 18.4. The van der Waals surface area contributed by atoms with Crippen LogP contribution in [-0.2, 0) is 4.74 Å². The molecule has 4 rings (SSSR count). The van der Waals surface area contributed by atoms with Crippen LogP contribution in [0.15, 0.2) is 18.2 Å². The molecule has 1 aromatic carbocycles. The second-order valence-corrected chi connectivity index (χ2v) is 11.2. The monoisotopic (exact) mass is 530 g/mol. The van der Waals surface area contributed by atoms with Crippen LogP contribution in [0.2, 0.25) is 0 Å². The molecule has 38 heavy (non-hydrogen) atoms. The maximum atomic E-state index is 13.7. The van der Waals surface area contributed by atoms with E-state index in [1.807, 2.05) is 15.9 Å². The molecule has 2 heterocycles. The molecule has 3 fully saturated rings. The lowest BCUT2D eigenvalue weighted by atomic mass is 9.94. The lowest BCUT2D eigenvalue weighted by molar-refractivity contribution is 0.0650. The molecule has 0 bridgehead atoms. The van der Waals surface area contributed by atoms with Crippen molar-refractivity contribution in [1.29, 1.82) is 0 Å². The van der Waals surface area contributed by atoms with E-state index >= 15 is 0 Å². The van der Waals surface area contributed by atoms with Gasteiger partial charge in [0.25, 0.3) is 5.91 Å². The van der Waals surface area contributed by atoms with Crippen molar-refractivity contribution in [3.05, 3.63) is 23.8 Å². The van der Waals surface area contributed by atoms with Gasteiger partial charge in [-0.05, 0) is 69.6 Å². The molecule has 0 aromatic heterocycles. The number of hydrogen-bond donors (Lipinski definition) is 1. The van der Waals surface area contributed by atoms with Gasteiger partial charge in [-0.3, -0.25) is 4.79 Å². The van der Waals surface area contributed by atoms with E-state index in [9.17, 15) is 9.59 Å². The first-order valence-electron chi connectivity index (χ1n) is 14.3. The fourth-order valence-electron chi connectivity index (χ4n) is 5.58. The Hall–Kier alpha value is -2.52. The Morgan fingerprint density at radius 3 is 2.37 bits per heavy atom. The smallest absolute Gasteiger partial charge is 0.320 e. The van der Waals surface area contributed by atoms with Gasteiger partial charge >= 0.3 is 6.03 Å². The number of nitrogens with one attached hydrogen (secondary N) is 1. The molecule has 1 N–H and O–H groups in total. The Balaban J connectivity index is 1.43. The van der Waals surface area contributed by atoms with E-state index in [4.69, 9.17) is 14.2 Å². The van der Waals surface area contributed by atoms with Gasteiger partial charge in [0.2, 0.25) is 0 Å². The quantitative estimate of drug-likeness (QED) is 0.393. The van der Waals surface area contributed by atoms with Crippen molar-refractivity contribution < 1.29 is 23.8 Å². The van der Waals surface area contributed by atoms with E-state index < -0.39 is 0 Å². The minimum atomic E-state index is -0.0118. The summed E-state index contributed by atoms with van der Waals surface area (Å²) in [6, 6.07) is 6.04. The van der Waals surface area contributed by atoms with Crippen molar-refractivity contribution in [2.45, 2.75) is 58.0 Å². The normalized spacial score (nSPS) is 21.1. The number of hydrogen-bond acceptors (Lipinski definition) is 6. The summed E-state index contributed by atoms with van der Waals surface area (Å²) in [5, 5.41) is 3.54. The molecule has 1 aliphatic carbocycles. The summed E-state index contributed by atoms with van der Waals surface area (Å²) in [4.78, 5) is 33.2. The summed E-state index contributed by atoms with van der Waals surface area (Å²) < 4.78 is 16.5. The van der Waals surface area contributed by atoms with Crippen molar-refractivity contribution in [3.8, 4) is 11.5 Å². The highest BCUT2D eigenvalue weighted by Crippen LogP contribution is 2.33. The van der Waals surface area contributed by atoms with Gasteiger partial charge < -0.3 is 34.2 Å². The van der Waals surface area contributed by atoms with Crippen molar-refractivity contribution in [2.24, 2.45) is 11.8 Å². The third-order valence-corrected chi connectivity index (χ3v) is 8.00. The highest BCUT2D eigenvalue weighted by atomic mass is 16.5. The van der Waals surface area contributed by atoms with E-state index in [1.54, 1.807) is 26.4 Å². The van der Waals surface area contributed by atoms with Gasteiger partial charge in [0.15, 0.2) is 11.5 Å². The number of likely N-dealkylation sites (tertiary alicyclic amines) is 1. The van der Waals surface area contributed by atoms with Crippen molar-refractivity contribution >= 4 is 11.9 Å². The van der Waals surface area contributed by atoms with Crippen LogP contribution in [0.3, 0.4) is 0 Å². The van der Waals surface area contributed by atoms with Gasteiger partial charge in [-0.15, -0.1) is 0 Å². The number of carbonyl (C=O) groups excluding carboxylic acids is 2. The number of amides is 3. The lowest BCUT2D eigenvalue weighted by Gasteiger charge is -2.35. The fourth-order valence-corrected chi connectivity index (χ4v) is 5.58. The number of rotatable bonds is 13. The molecule has 212 valence electrons. The van der Waals surface area contributed by atoms with E-state index in [0.29, 0.717) is 48.8 Å². The minimum Gasteiger partial charge on any atom is -0.493 e. The second-order valence-electron chi connectivity index (χ2n) is 11.2. The maximum absolute atomic E-state index is 13.7. The molecule has 3 aliphatic rings. The number of nitrogens with zero attached hydrogens (tertiary/aromatic N) is 3. The second kappa shape index (κ2) is 13.5. The van der Waals surface area contributed by atoms with Crippen LogP contribution >= 0.6 is 0 Å². The zero-order valence-electron chi connectivity index (χ0n) is 23.6. The van der Waals surface area contributed by atoms with Crippen molar-refractivity contribution in [3.63, 3.8) is 0 Å². The molecule has 3 amide bonds. The summed E-state index contributed by atoms with van der Waals surface area (Å²) in [6.07, 6.45) is 5.18. The Labute approximate surface area is 227 Å². The average Bonchev–Trinajstić information content (AvgIpc) is 3.41. The number of benzene rings is 1. The van der Waals surface area contributed by atoms with Crippen molar-refractivity contribution in [1.82, 2.24) is 20.0 Å². The molecule has 1 saturated carbocycles. The Bertz CT molecular complexity index is 932. The fraction of sp³-hybridized carbons (Fsp3) is 0.724. The van der Waals surface area contributed by atoms with Gasteiger partial charge in [-0.1, -0.05) is 0 Å². The Morgan fingerprint density at radius 2 is 1.74 bits per heavy atom. The zero-order valence-corrected chi connectivity index (χ0v) is 23.6. The molecule has 9 heteroatoms. The average molecular weight is 531 g/mol.